The molecule has 1 N–H and O–H groups in total. The minimum Gasteiger partial charge on any atom is -0.237 e. The predicted octanol–water partition coefficient (Wildman–Crippen LogP) is 3.29. The van der Waals surface area contributed by atoms with Crippen molar-refractivity contribution in [3.05, 3.63) is 54.4 Å². The van der Waals surface area contributed by atoms with Crippen molar-refractivity contribution in [1.82, 2.24) is 9.29 Å². The number of hydrogen-bond acceptors (Lipinski definition) is 2. The maximum Gasteiger partial charge on any atom is 0.284 e. The SMILES string of the molecule is Cc1ccc2[nH]c(-c3ccc(S(=O)(=O)N4CCCCCC4)cc3)c[n+]2c1. The Hall–Kier alpha value is -2.18. The second kappa shape index (κ2) is 6.85. The van der Waals surface area contributed by atoms with E-state index in [4.69, 9.17) is 0 Å². The number of sulfonamides is 1. The Bertz CT molecular complexity index is 1010. The molecule has 1 saturated heterocycles. The first-order valence-corrected chi connectivity index (χ1v) is 10.6. The minimum absolute atomic E-state index is 0.378. The molecule has 1 aliphatic heterocycles. The number of rotatable bonds is 3. The quantitative estimate of drug-likeness (QED) is 0.719. The van der Waals surface area contributed by atoms with Gasteiger partial charge in [0.25, 0.3) is 5.65 Å². The lowest BCUT2D eigenvalue weighted by Crippen LogP contribution is -2.31. The molecule has 6 heteroatoms. The van der Waals surface area contributed by atoms with Gasteiger partial charge in [0.1, 0.15) is 6.20 Å². The minimum atomic E-state index is -3.40. The molecular weight excluding hydrogens is 346 g/mol. The fourth-order valence-corrected chi connectivity index (χ4v) is 5.05. The molecule has 1 aliphatic rings. The molecule has 2 aromatic heterocycles. The molecule has 1 aromatic carbocycles. The number of imidazole rings is 1. The highest BCUT2D eigenvalue weighted by Crippen LogP contribution is 2.23. The van der Waals surface area contributed by atoms with E-state index in [1.54, 1.807) is 16.4 Å². The summed E-state index contributed by atoms with van der Waals surface area (Å²) < 4.78 is 29.4. The normalized spacial score (nSPS) is 16.7. The van der Waals surface area contributed by atoms with Gasteiger partial charge in [-0.1, -0.05) is 12.8 Å². The summed E-state index contributed by atoms with van der Waals surface area (Å²) in [5.74, 6) is 0. The lowest BCUT2D eigenvalue weighted by molar-refractivity contribution is -0.510. The van der Waals surface area contributed by atoms with Gasteiger partial charge in [0.15, 0.2) is 5.69 Å². The molecule has 0 bridgehead atoms. The molecule has 0 saturated carbocycles. The van der Waals surface area contributed by atoms with Gasteiger partial charge in [-0.2, -0.15) is 4.31 Å². The summed E-state index contributed by atoms with van der Waals surface area (Å²) in [5.41, 5.74) is 4.13. The van der Waals surface area contributed by atoms with Crippen LogP contribution in [-0.4, -0.2) is 30.8 Å². The summed E-state index contributed by atoms with van der Waals surface area (Å²) in [6.07, 6.45) is 8.21. The number of aryl methyl sites for hydroxylation is 1. The number of fused-ring (bicyclic) bond motifs is 1. The van der Waals surface area contributed by atoms with Crippen molar-refractivity contribution < 1.29 is 12.8 Å². The van der Waals surface area contributed by atoms with Crippen LogP contribution in [0.25, 0.3) is 16.9 Å². The largest absolute Gasteiger partial charge is 0.284 e. The highest BCUT2D eigenvalue weighted by molar-refractivity contribution is 7.89. The summed E-state index contributed by atoms with van der Waals surface area (Å²) in [5, 5.41) is 0. The standard InChI is InChI=1S/C20H23N3O2S/c1-16-6-11-20-21-19(15-22(20)14-16)17-7-9-18(10-8-17)26(24,25)23-12-4-2-3-5-13-23/h6-11,14-15H,2-5,12-13H2,1H3/p+1. The predicted molar refractivity (Wildman–Crippen MR) is 101 cm³/mol. The van der Waals surface area contributed by atoms with Gasteiger partial charge in [0, 0.05) is 24.7 Å². The molecule has 26 heavy (non-hydrogen) atoms. The monoisotopic (exact) mass is 370 g/mol. The van der Waals surface area contributed by atoms with Crippen molar-refractivity contribution >= 4 is 15.7 Å². The molecule has 0 radical (unpaired) electrons. The molecule has 1 fully saturated rings. The van der Waals surface area contributed by atoms with E-state index in [1.807, 2.05) is 28.8 Å². The van der Waals surface area contributed by atoms with Gasteiger partial charge < -0.3 is 0 Å². The summed E-state index contributed by atoms with van der Waals surface area (Å²) >= 11 is 0. The third kappa shape index (κ3) is 3.27. The average Bonchev–Trinajstić information content (AvgIpc) is 2.86. The highest BCUT2D eigenvalue weighted by Gasteiger charge is 2.25. The number of aromatic nitrogens is 2. The number of H-pyrrole nitrogens is 1. The summed E-state index contributed by atoms with van der Waals surface area (Å²) in [4.78, 5) is 3.75. The zero-order valence-electron chi connectivity index (χ0n) is 15.0. The maximum atomic E-state index is 12.9. The van der Waals surface area contributed by atoms with Gasteiger partial charge in [-0.05, 0) is 55.7 Å². The van der Waals surface area contributed by atoms with E-state index in [9.17, 15) is 8.42 Å². The fourth-order valence-electron chi connectivity index (χ4n) is 3.54. The molecule has 0 amide bonds. The van der Waals surface area contributed by atoms with E-state index < -0.39 is 10.0 Å². The van der Waals surface area contributed by atoms with E-state index in [-0.39, 0.29) is 0 Å². The van der Waals surface area contributed by atoms with Crippen molar-refractivity contribution in [2.24, 2.45) is 0 Å². The smallest absolute Gasteiger partial charge is 0.237 e. The van der Waals surface area contributed by atoms with Crippen LogP contribution in [0.15, 0.2) is 53.7 Å². The zero-order valence-corrected chi connectivity index (χ0v) is 15.8. The highest BCUT2D eigenvalue weighted by atomic mass is 32.2. The maximum absolute atomic E-state index is 12.9. The first-order chi connectivity index (χ1) is 12.5. The molecule has 0 atom stereocenters. The van der Waals surface area contributed by atoms with E-state index in [0.717, 1.165) is 42.6 Å². The summed E-state index contributed by atoms with van der Waals surface area (Å²) in [7, 11) is -3.40. The lowest BCUT2D eigenvalue weighted by atomic mass is 10.2. The summed E-state index contributed by atoms with van der Waals surface area (Å²) in [6.45, 7) is 3.31. The third-order valence-electron chi connectivity index (χ3n) is 5.02. The Balaban J connectivity index is 1.63. The van der Waals surface area contributed by atoms with E-state index in [1.165, 1.54) is 5.56 Å². The van der Waals surface area contributed by atoms with Crippen LogP contribution in [0, 0.1) is 6.92 Å². The fraction of sp³-hybridized carbons (Fsp3) is 0.350. The van der Waals surface area contributed by atoms with Crippen LogP contribution in [0.4, 0.5) is 0 Å². The first-order valence-electron chi connectivity index (χ1n) is 9.15. The molecule has 136 valence electrons. The van der Waals surface area contributed by atoms with Crippen molar-refractivity contribution in [2.45, 2.75) is 37.5 Å². The second-order valence-electron chi connectivity index (χ2n) is 7.01. The van der Waals surface area contributed by atoms with Crippen LogP contribution in [0.2, 0.25) is 0 Å². The molecule has 3 heterocycles. The third-order valence-corrected chi connectivity index (χ3v) is 6.94. The van der Waals surface area contributed by atoms with Crippen LogP contribution < -0.4 is 4.40 Å². The number of aromatic amines is 1. The number of hydrogen-bond donors (Lipinski definition) is 1. The molecule has 0 aliphatic carbocycles. The number of pyridine rings is 1. The van der Waals surface area contributed by atoms with Crippen LogP contribution >= 0.6 is 0 Å². The van der Waals surface area contributed by atoms with Crippen molar-refractivity contribution in [2.75, 3.05) is 13.1 Å². The lowest BCUT2D eigenvalue weighted by Gasteiger charge is -2.19. The van der Waals surface area contributed by atoms with Crippen LogP contribution in [0.3, 0.4) is 0 Å². The molecule has 4 rings (SSSR count). The Kier molecular flexibility index (Phi) is 4.54. The molecule has 3 aromatic rings. The van der Waals surface area contributed by atoms with Gasteiger partial charge in [-0.25, -0.2) is 17.8 Å². The van der Waals surface area contributed by atoms with Gasteiger partial charge in [0.2, 0.25) is 10.0 Å². The molecule has 5 nitrogen and oxygen atoms in total. The van der Waals surface area contributed by atoms with E-state index in [2.05, 4.69) is 24.2 Å². The zero-order chi connectivity index (χ0) is 18.1. The Morgan fingerprint density at radius 1 is 0.923 bits per heavy atom. The first kappa shape index (κ1) is 17.2. The average molecular weight is 370 g/mol. The van der Waals surface area contributed by atoms with Crippen LogP contribution in [0.1, 0.15) is 31.2 Å². The number of benzene rings is 1. The van der Waals surface area contributed by atoms with E-state index >= 15 is 0 Å². The Morgan fingerprint density at radius 3 is 2.31 bits per heavy atom. The van der Waals surface area contributed by atoms with Gasteiger partial charge in [-0.3, -0.25) is 0 Å². The van der Waals surface area contributed by atoms with Crippen LogP contribution in [-0.2, 0) is 10.0 Å². The molecular formula is C20H24N3O2S+. The topological polar surface area (TPSA) is 57.3 Å². The van der Waals surface area contributed by atoms with Gasteiger partial charge in [0.05, 0.1) is 11.1 Å². The molecule has 0 spiro atoms. The van der Waals surface area contributed by atoms with Crippen molar-refractivity contribution in [1.29, 1.82) is 0 Å². The molecule has 0 unspecified atom stereocenters. The summed E-state index contributed by atoms with van der Waals surface area (Å²) in [6, 6.07) is 11.3. The van der Waals surface area contributed by atoms with Crippen LogP contribution in [0.5, 0.6) is 0 Å². The van der Waals surface area contributed by atoms with Gasteiger partial charge in [-0.15, -0.1) is 0 Å². The van der Waals surface area contributed by atoms with Crippen molar-refractivity contribution in [3.8, 4) is 11.3 Å². The van der Waals surface area contributed by atoms with Gasteiger partial charge >= 0.3 is 0 Å². The second-order valence-corrected chi connectivity index (χ2v) is 8.95. The van der Waals surface area contributed by atoms with E-state index in [0.29, 0.717) is 18.0 Å². The van der Waals surface area contributed by atoms with Crippen molar-refractivity contribution in [3.63, 3.8) is 0 Å². The number of nitrogens with zero attached hydrogens (tertiary/aromatic N) is 2. The number of nitrogens with one attached hydrogen (secondary N) is 1. The Labute approximate surface area is 154 Å². The Morgan fingerprint density at radius 2 is 1.62 bits per heavy atom.